The van der Waals surface area contributed by atoms with Crippen molar-refractivity contribution in [3.8, 4) is 0 Å². The Morgan fingerprint density at radius 3 is 3.11 bits per heavy atom. The number of furan rings is 1. The second kappa shape index (κ2) is 8.53. The molecular formula is C14H21NO3. The van der Waals surface area contributed by atoms with Crippen molar-refractivity contribution in [3.05, 3.63) is 36.8 Å². The lowest BCUT2D eigenvalue weighted by atomic mass is 10.2. The number of hydrogen-bond donors (Lipinski definition) is 1. The minimum atomic E-state index is -0.279. The van der Waals surface area contributed by atoms with Crippen molar-refractivity contribution in [2.75, 3.05) is 6.61 Å². The molecule has 0 saturated carbocycles. The molecule has 0 unspecified atom stereocenters. The summed E-state index contributed by atoms with van der Waals surface area (Å²) in [6, 6.07) is 3.42. The molecule has 0 aliphatic heterocycles. The van der Waals surface area contributed by atoms with Crippen LogP contribution in [0.4, 0.5) is 0 Å². The first kappa shape index (κ1) is 14.5. The number of esters is 1. The van der Waals surface area contributed by atoms with Crippen LogP contribution in [0.5, 0.6) is 0 Å². The molecule has 0 aromatic carbocycles. The first-order valence-corrected chi connectivity index (χ1v) is 6.31. The summed E-state index contributed by atoms with van der Waals surface area (Å²) in [5, 5.41) is 3.12. The standard InChI is InChI=1S/C14H21NO3/c1-3-5-6-9-18-14(16)13(4-2)15-11-12-8-7-10-17-12/h3,7-8,10,13,15H,1,4-6,9,11H2,2H3/t13-/m0/s1. The van der Waals surface area contributed by atoms with Crippen LogP contribution in [-0.2, 0) is 16.1 Å². The van der Waals surface area contributed by atoms with E-state index in [1.807, 2.05) is 25.1 Å². The van der Waals surface area contributed by atoms with Crippen molar-refractivity contribution in [2.24, 2.45) is 0 Å². The Bertz CT molecular complexity index is 346. The highest BCUT2D eigenvalue weighted by Gasteiger charge is 2.17. The van der Waals surface area contributed by atoms with Crippen LogP contribution in [0, 0.1) is 0 Å². The van der Waals surface area contributed by atoms with Gasteiger partial charge in [0.05, 0.1) is 19.4 Å². The van der Waals surface area contributed by atoms with E-state index in [0.29, 0.717) is 19.6 Å². The molecule has 0 spiro atoms. The molecule has 1 rings (SSSR count). The van der Waals surface area contributed by atoms with Crippen molar-refractivity contribution in [2.45, 2.75) is 38.8 Å². The van der Waals surface area contributed by atoms with Crippen molar-refractivity contribution < 1.29 is 13.9 Å². The van der Waals surface area contributed by atoms with Crippen molar-refractivity contribution >= 4 is 5.97 Å². The number of hydrogen-bond acceptors (Lipinski definition) is 4. The van der Waals surface area contributed by atoms with E-state index in [0.717, 1.165) is 18.6 Å². The summed E-state index contributed by atoms with van der Waals surface area (Å²) in [6.07, 6.45) is 5.82. The van der Waals surface area contributed by atoms with Crippen LogP contribution in [0.2, 0.25) is 0 Å². The largest absolute Gasteiger partial charge is 0.468 e. The molecule has 4 nitrogen and oxygen atoms in total. The summed E-state index contributed by atoms with van der Waals surface area (Å²) >= 11 is 0. The predicted molar refractivity (Wildman–Crippen MR) is 70.0 cm³/mol. The zero-order valence-corrected chi connectivity index (χ0v) is 10.9. The lowest BCUT2D eigenvalue weighted by Gasteiger charge is -2.15. The summed E-state index contributed by atoms with van der Waals surface area (Å²) in [5.74, 6) is 0.612. The summed E-state index contributed by atoms with van der Waals surface area (Å²) in [6.45, 7) is 6.56. The molecule has 0 fully saturated rings. The van der Waals surface area contributed by atoms with Crippen LogP contribution in [0.25, 0.3) is 0 Å². The SMILES string of the molecule is C=CCCCOC(=O)[C@H](CC)NCc1ccco1. The molecule has 1 aromatic rings. The summed E-state index contributed by atoms with van der Waals surface area (Å²) in [5.41, 5.74) is 0. The van der Waals surface area contributed by atoms with E-state index in [1.54, 1.807) is 6.26 Å². The van der Waals surface area contributed by atoms with Gasteiger partial charge in [0.2, 0.25) is 0 Å². The van der Waals surface area contributed by atoms with E-state index < -0.39 is 0 Å². The normalized spacial score (nSPS) is 12.1. The molecular weight excluding hydrogens is 230 g/mol. The van der Waals surface area contributed by atoms with Gasteiger partial charge in [-0.05, 0) is 31.4 Å². The minimum absolute atomic E-state index is 0.201. The van der Waals surface area contributed by atoms with Crippen LogP contribution >= 0.6 is 0 Å². The molecule has 1 aromatic heterocycles. The molecule has 0 bridgehead atoms. The predicted octanol–water partition coefficient (Wildman–Crippen LogP) is 2.66. The highest BCUT2D eigenvalue weighted by atomic mass is 16.5. The second-order valence-electron chi connectivity index (χ2n) is 4.02. The number of allylic oxidation sites excluding steroid dienone is 1. The number of carbonyl (C=O) groups excluding carboxylic acids is 1. The van der Waals surface area contributed by atoms with E-state index in [2.05, 4.69) is 11.9 Å². The smallest absolute Gasteiger partial charge is 0.323 e. The first-order valence-electron chi connectivity index (χ1n) is 6.31. The monoisotopic (exact) mass is 251 g/mol. The molecule has 18 heavy (non-hydrogen) atoms. The summed E-state index contributed by atoms with van der Waals surface area (Å²) in [7, 11) is 0. The summed E-state index contributed by atoms with van der Waals surface area (Å²) < 4.78 is 10.4. The van der Waals surface area contributed by atoms with Gasteiger partial charge in [0.15, 0.2) is 0 Å². The average Bonchev–Trinajstić information content (AvgIpc) is 2.88. The van der Waals surface area contributed by atoms with Crippen LogP contribution in [-0.4, -0.2) is 18.6 Å². The zero-order chi connectivity index (χ0) is 13.2. The van der Waals surface area contributed by atoms with Crippen LogP contribution in [0.15, 0.2) is 35.5 Å². The molecule has 0 radical (unpaired) electrons. The molecule has 0 saturated heterocycles. The van der Waals surface area contributed by atoms with E-state index in [-0.39, 0.29) is 12.0 Å². The van der Waals surface area contributed by atoms with Gasteiger partial charge in [0.1, 0.15) is 11.8 Å². The van der Waals surface area contributed by atoms with E-state index in [9.17, 15) is 4.79 Å². The second-order valence-corrected chi connectivity index (χ2v) is 4.02. The van der Waals surface area contributed by atoms with Crippen LogP contribution in [0.3, 0.4) is 0 Å². The molecule has 1 N–H and O–H groups in total. The van der Waals surface area contributed by atoms with Gasteiger partial charge in [-0.15, -0.1) is 6.58 Å². The lowest BCUT2D eigenvalue weighted by Crippen LogP contribution is -2.37. The number of nitrogens with one attached hydrogen (secondary N) is 1. The third-order valence-electron chi connectivity index (χ3n) is 2.59. The maximum atomic E-state index is 11.8. The molecule has 100 valence electrons. The van der Waals surface area contributed by atoms with Gasteiger partial charge in [-0.25, -0.2) is 0 Å². The quantitative estimate of drug-likeness (QED) is 0.416. The Morgan fingerprint density at radius 2 is 2.50 bits per heavy atom. The molecule has 1 atom stereocenters. The topological polar surface area (TPSA) is 51.5 Å². The lowest BCUT2D eigenvalue weighted by molar-refractivity contribution is -0.146. The summed E-state index contributed by atoms with van der Waals surface area (Å²) in [4.78, 5) is 11.8. The van der Waals surface area contributed by atoms with Crippen LogP contribution < -0.4 is 5.32 Å². The molecule has 1 heterocycles. The van der Waals surface area contributed by atoms with Gasteiger partial charge < -0.3 is 9.15 Å². The molecule has 0 aliphatic carbocycles. The fourth-order valence-corrected chi connectivity index (χ4v) is 1.53. The van der Waals surface area contributed by atoms with Gasteiger partial charge in [0, 0.05) is 0 Å². The van der Waals surface area contributed by atoms with Crippen molar-refractivity contribution in [1.29, 1.82) is 0 Å². The fraction of sp³-hybridized carbons (Fsp3) is 0.500. The Hall–Kier alpha value is -1.55. The number of ether oxygens (including phenoxy) is 1. The Morgan fingerprint density at radius 1 is 1.67 bits per heavy atom. The minimum Gasteiger partial charge on any atom is -0.468 e. The van der Waals surface area contributed by atoms with Gasteiger partial charge in [-0.3, -0.25) is 10.1 Å². The number of rotatable bonds is 9. The van der Waals surface area contributed by atoms with Crippen molar-refractivity contribution in [1.82, 2.24) is 5.32 Å². The average molecular weight is 251 g/mol. The van der Waals surface area contributed by atoms with E-state index in [4.69, 9.17) is 9.15 Å². The Labute approximate surface area is 108 Å². The number of unbranched alkanes of at least 4 members (excludes halogenated alkanes) is 1. The Balaban J connectivity index is 2.26. The van der Waals surface area contributed by atoms with E-state index in [1.165, 1.54) is 0 Å². The zero-order valence-electron chi connectivity index (χ0n) is 10.9. The molecule has 4 heteroatoms. The highest BCUT2D eigenvalue weighted by molar-refractivity contribution is 5.75. The van der Waals surface area contributed by atoms with Gasteiger partial charge >= 0.3 is 5.97 Å². The van der Waals surface area contributed by atoms with Crippen LogP contribution in [0.1, 0.15) is 31.9 Å². The highest BCUT2D eigenvalue weighted by Crippen LogP contribution is 2.02. The maximum absolute atomic E-state index is 11.8. The van der Waals surface area contributed by atoms with E-state index >= 15 is 0 Å². The van der Waals surface area contributed by atoms with Crippen molar-refractivity contribution in [3.63, 3.8) is 0 Å². The number of carbonyl (C=O) groups is 1. The van der Waals surface area contributed by atoms with Gasteiger partial charge in [-0.2, -0.15) is 0 Å². The molecule has 0 aliphatic rings. The van der Waals surface area contributed by atoms with Gasteiger partial charge in [0.25, 0.3) is 0 Å². The Kier molecular flexibility index (Phi) is 6.87. The third kappa shape index (κ3) is 5.19. The molecule has 0 amide bonds. The van der Waals surface area contributed by atoms with Gasteiger partial charge in [-0.1, -0.05) is 13.0 Å². The fourth-order valence-electron chi connectivity index (χ4n) is 1.53. The maximum Gasteiger partial charge on any atom is 0.323 e. The third-order valence-corrected chi connectivity index (χ3v) is 2.59. The first-order chi connectivity index (χ1) is 8.77.